The highest BCUT2D eigenvalue weighted by molar-refractivity contribution is 6.59. The summed E-state index contributed by atoms with van der Waals surface area (Å²) in [4.78, 5) is 10.6. The van der Waals surface area contributed by atoms with E-state index in [0.29, 0.717) is 11.4 Å². The van der Waals surface area contributed by atoms with Crippen LogP contribution in [-0.2, 0) is 0 Å². The fourth-order valence-corrected chi connectivity index (χ4v) is 3.54. The van der Waals surface area contributed by atoms with Gasteiger partial charge < -0.3 is 21.5 Å². The first kappa shape index (κ1) is 15.8. The Hall–Kier alpha value is -2.06. The van der Waals surface area contributed by atoms with Gasteiger partial charge in [0.2, 0.25) is 11.9 Å². The minimum Gasteiger partial charge on any atom is -0.423 e. The number of benzene rings is 1. The van der Waals surface area contributed by atoms with Gasteiger partial charge in [-0.05, 0) is 50.2 Å². The summed E-state index contributed by atoms with van der Waals surface area (Å²) in [5.74, 6) is 0.497. The highest BCUT2D eigenvalue weighted by Crippen LogP contribution is 2.39. The zero-order chi connectivity index (χ0) is 16.6. The Morgan fingerprint density at radius 2 is 1.87 bits per heavy atom. The lowest BCUT2D eigenvalue weighted by Gasteiger charge is -2.45. The molecule has 0 atom stereocenters. The fourth-order valence-electron chi connectivity index (χ4n) is 3.54. The highest BCUT2D eigenvalue weighted by Gasteiger charge is 2.42. The number of hydrogen-bond acceptors (Lipinski definition) is 7. The van der Waals surface area contributed by atoms with Crippen molar-refractivity contribution in [2.45, 2.75) is 44.7 Å². The normalized spacial score (nSPS) is 20.2. The largest absolute Gasteiger partial charge is 0.488 e. The van der Waals surface area contributed by atoms with E-state index in [-0.39, 0.29) is 5.96 Å². The summed E-state index contributed by atoms with van der Waals surface area (Å²) in [7, 11) is -1.53. The molecule has 3 rings (SSSR count). The van der Waals surface area contributed by atoms with E-state index in [4.69, 9.17) is 11.5 Å². The van der Waals surface area contributed by atoms with E-state index in [1.165, 1.54) is 0 Å². The van der Waals surface area contributed by atoms with Crippen molar-refractivity contribution >= 4 is 30.2 Å². The summed E-state index contributed by atoms with van der Waals surface area (Å²) in [5.41, 5.74) is 13.5. The van der Waals surface area contributed by atoms with Crippen LogP contribution in [-0.4, -0.2) is 34.7 Å². The van der Waals surface area contributed by atoms with Crippen molar-refractivity contribution in [3.63, 3.8) is 0 Å². The van der Waals surface area contributed by atoms with Gasteiger partial charge in [0.1, 0.15) is 5.66 Å². The average molecular weight is 315 g/mol. The number of aliphatic imine (C=N–C) groups is 2. The van der Waals surface area contributed by atoms with E-state index < -0.39 is 12.8 Å². The average Bonchev–Trinajstić information content (AvgIpc) is 2.48. The van der Waals surface area contributed by atoms with Crippen molar-refractivity contribution in [2.24, 2.45) is 21.5 Å². The summed E-state index contributed by atoms with van der Waals surface area (Å²) in [6.45, 7) is 1.83. The lowest BCUT2D eigenvalue weighted by molar-refractivity contribution is 0.305. The van der Waals surface area contributed by atoms with Gasteiger partial charge in [0.15, 0.2) is 0 Å². The second-order valence-electron chi connectivity index (χ2n) is 6.23. The molecular weight excluding hydrogens is 293 g/mol. The van der Waals surface area contributed by atoms with E-state index in [2.05, 4.69) is 9.98 Å². The van der Waals surface area contributed by atoms with Crippen molar-refractivity contribution in [2.75, 3.05) is 4.90 Å². The molecule has 1 heterocycles. The lowest BCUT2D eigenvalue weighted by Crippen LogP contribution is -2.58. The van der Waals surface area contributed by atoms with Gasteiger partial charge in [-0.3, -0.25) is 4.90 Å². The number of hydrogen-bond donors (Lipinski definition) is 4. The Balaban J connectivity index is 2.09. The smallest absolute Gasteiger partial charge is 0.423 e. The number of rotatable bonds is 2. The SMILES string of the molecule is Cc1ccc(N2C(N)=NC(N)=NC23CCCCC3)cc1B(O)O. The van der Waals surface area contributed by atoms with Crippen LogP contribution in [0, 0.1) is 6.92 Å². The van der Waals surface area contributed by atoms with Crippen molar-refractivity contribution in [3.05, 3.63) is 23.8 Å². The van der Waals surface area contributed by atoms with Crippen molar-refractivity contribution in [1.29, 1.82) is 0 Å². The van der Waals surface area contributed by atoms with Gasteiger partial charge in [-0.1, -0.05) is 18.1 Å². The molecule has 0 amide bonds. The Bertz CT molecular complexity index is 668. The topological polar surface area (TPSA) is 120 Å². The molecule has 1 aliphatic heterocycles. The Morgan fingerprint density at radius 1 is 1.17 bits per heavy atom. The van der Waals surface area contributed by atoms with Gasteiger partial charge in [-0.2, -0.15) is 4.99 Å². The molecule has 6 N–H and O–H groups in total. The number of nitrogens with zero attached hydrogens (tertiary/aromatic N) is 3. The molecule has 0 bridgehead atoms. The van der Waals surface area contributed by atoms with Gasteiger partial charge in [0.05, 0.1) is 0 Å². The molecule has 2 aliphatic rings. The Labute approximate surface area is 135 Å². The molecule has 1 aliphatic carbocycles. The van der Waals surface area contributed by atoms with E-state index in [1.807, 2.05) is 24.0 Å². The first-order valence-electron chi connectivity index (χ1n) is 7.89. The van der Waals surface area contributed by atoms with Crippen LogP contribution in [0.3, 0.4) is 0 Å². The van der Waals surface area contributed by atoms with Gasteiger partial charge in [0, 0.05) is 5.69 Å². The van der Waals surface area contributed by atoms with E-state index in [1.54, 1.807) is 6.07 Å². The molecule has 1 saturated carbocycles. The monoisotopic (exact) mass is 315 g/mol. The molecule has 0 saturated heterocycles. The summed E-state index contributed by atoms with van der Waals surface area (Å²) in [6, 6.07) is 5.47. The third-order valence-corrected chi connectivity index (χ3v) is 4.65. The molecule has 1 aromatic rings. The fraction of sp³-hybridized carbons (Fsp3) is 0.467. The summed E-state index contributed by atoms with van der Waals surface area (Å²) in [6.07, 6.45) is 4.93. The van der Waals surface area contributed by atoms with Gasteiger partial charge in [-0.25, -0.2) is 4.99 Å². The molecule has 1 fully saturated rings. The van der Waals surface area contributed by atoms with Crippen molar-refractivity contribution < 1.29 is 10.0 Å². The Kier molecular flexibility index (Phi) is 4.03. The summed E-state index contributed by atoms with van der Waals surface area (Å²) in [5, 5.41) is 19.1. The van der Waals surface area contributed by atoms with Crippen LogP contribution in [0.25, 0.3) is 0 Å². The number of nitrogens with two attached hydrogens (primary N) is 2. The molecule has 0 unspecified atom stereocenters. The zero-order valence-electron chi connectivity index (χ0n) is 13.2. The third-order valence-electron chi connectivity index (χ3n) is 4.65. The Morgan fingerprint density at radius 3 is 2.52 bits per heavy atom. The lowest BCUT2D eigenvalue weighted by atomic mass is 9.77. The number of anilines is 1. The predicted octanol–water partition coefficient (Wildman–Crippen LogP) is -0.215. The van der Waals surface area contributed by atoms with E-state index in [0.717, 1.165) is 43.4 Å². The van der Waals surface area contributed by atoms with Crippen LogP contribution in [0.5, 0.6) is 0 Å². The first-order chi connectivity index (χ1) is 10.9. The van der Waals surface area contributed by atoms with Gasteiger partial charge in [0.25, 0.3) is 0 Å². The molecule has 1 spiro atoms. The quantitative estimate of drug-likeness (QED) is 0.563. The molecule has 1 aromatic carbocycles. The molecule has 7 nitrogen and oxygen atoms in total. The van der Waals surface area contributed by atoms with Crippen LogP contribution < -0.4 is 21.8 Å². The van der Waals surface area contributed by atoms with Crippen LogP contribution in [0.2, 0.25) is 0 Å². The summed E-state index contributed by atoms with van der Waals surface area (Å²) >= 11 is 0. The second kappa shape index (κ2) is 5.86. The second-order valence-corrected chi connectivity index (χ2v) is 6.23. The van der Waals surface area contributed by atoms with E-state index in [9.17, 15) is 10.0 Å². The van der Waals surface area contributed by atoms with Crippen LogP contribution in [0.15, 0.2) is 28.2 Å². The third kappa shape index (κ3) is 2.79. The molecule has 0 aromatic heterocycles. The summed E-state index contributed by atoms with van der Waals surface area (Å²) < 4.78 is 0. The van der Waals surface area contributed by atoms with Crippen LogP contribution in [0.4, 0.5) is 5.69 Å². The minimum absolute atomic E-state index is 0.204. The maximum absolute atomic E-state index is 9.57. The molecular formula is C15H22BN5O2. The predicted molar refractivity (Wildman–Crippen MR) is 92.5 cm³/mol. The molecule has 8 heteroatoms. The standard InChI is InChI=1S/C15H22BN5O2/c1-10-5-6-11(9-12(10)16(22)23)21-14(18)19-13(17)20-15(21)7-3-2-4-8-15/h5-6,9,22-23H,2-4,7-8H2,1H3,(H4,17,18,19,20). The molecule has 122 valence electrons. The highest BCUT2D eigenvalue weighted by atomic mass is 16.4. The van der Waals surface area contributed by atoms with Crippen LogP contribution >= 0.6 is 0 Å². The maximum Gasteiger partial charge on any atom is 0.488 e. The molecule has 23 heavy (non-hydrogen) atoms. The number of aryl methyl sites for hydroxylation is 1. The molecule has 0 radical (unpaired) electrons. The zero-order valence-corrected chi connectivity index (χ0v) is 13.2. The maximum atomic E-state index is 9.57. The van der Waals surface area contributed by atoms with Crippen molar-refractivity contribution in [3.8, 4) is 0 Å². The van der Waals surface area contributed by atoms with E-state index >= 15 is 0 Å². The van der Waals surface area contributed by atoms with Crippen molar-refractivity contribution in [1.82, 2.24) is 0 Å². The van der Waals surface area contributed by atoms with Gasteiger partial charge in [-0.15, -0.1) is 0 Å². The minimum atomic E-state index is -1.53. The van der Waals surface area contributed by atoms with Gasteiger partial charge >= 0.3 is 7.12 Å². The first-order valence-corrected chi connectivity index (χ1v) is 7.89. The van der Waals surface area contributed by atoms with Crippen LogP contribution in [0.1, 0.15) is 37.7 Å². The number of guanidine groups is 2.